The smallest absolute Gasteiger partial charge is 0.143 e. The number of furan rings is 1. The maximum Gasteiger partial charge on any atom is 0.143 e. The van der Waals surface area contributed by atoms with E-state index in [4.69, 9.17) is 4.42 Å². The minimum absolute atomic E-state index is 0.106. The molecule has 0 atom stereocenters. The molecule has 0 fully saturated rings. The molecule has 0 aliphatic heterocycles. The molecule has 0 spiro atoms. The molecule has 3 nitrogen and oxygen atoms in total. The fourth-order valence-corrected chi connectivity index (χ4v) is 8.19. The molecule has 50 heavy (non-hydrogen) atoms. The molecule has 3 heteroatoms. The summed E-state index contributed by atoms with van der Waals surface area (Å²) in [5.41, 5.74) is 16.3. The van der Waals surface area contributed by atoms with Gasteiger partial charge in [-0.25, -0.2) is 0 Å². The van der Waals surface area contributed by atoms with Gasteiger partial charge in [0.25, 0.3) is 0 Å². The van der Waals surface area contributed by atoms with Crippen molar-refractivity contribution in [3.8, 4) is 39.2 Å². The Labute approximate surface area is 291 Å². The van der Waals surface area contributed by atoms with Crippen LogP contribution in [0.1, 0.15) is 25.0 Å². The molecule has 0 unspecified atom stereocenters. The van der Waals surface area contributed by atoms with Crippen molar-refractivity contribution in [1.29, 1.82) is 0 Å². The average Bonchev–Trinajstić information content (AvgIpc) is 3.79. The maximum atomic E-state index is 6.29. The van der Waals surface area contributed by atoms with E-state index in [1.54, 1.807) is 0 Å². The molecular formula is C47H34N2O. The van der Waals surface area contributed by atoms with Gasteiger partial charge >= 0.3 is 0 Å². The van der Waals surface area contributed by atoms with Crippen LogP contribution < -0.4 is 5.32 Å². The van der Waals surface area contributed by atoms with E-state index in [9.17, 15) is 0 Å². The number of hydrogen-bond donors (Lipinski definition) is 1. The number of benzene rings is 7. The molecule has 1 aliphatic carbocycles. The summed E-state index contributed by atoms with van der Waals surface area (Å²) in [7, 11) is 0. The lowest BCUT2D eigenvalue weighted by Crippen LogP contribution is -2.14. The normalized spacial score (nSPS) is 13.2. The van der Waals surface area contributed by atoms with E-state index in [0.717, 1.165) is 44.4 Å². The third-order valence-electron chi connectivity index (χ3n) is 10.6. The van der Waals surface area contributed by atoms with Crippen LogP contribution in [-0.4, -0.2) is 4.57 Å². The molecule has 0 amide bonds. The van der Waals surface area contributed by atoms with E-state index < -0.39 is 0 Å². The molecule has 0 saturated heterocycles. The first-order valence-electron chi connectivity index (χ1n) is 17.3. The van der Waals surface area contributed by atoms with Gasteiger partial charge in [-0.05, 0) is 82.4 Å². The monoisotopic (exact) mass is 642 g/mol. The van der Waals surface area contributed by atoms with Crippen molar-refractivity contribution in [2.24, 2.45) is 0 Å². The topological polar surface area (TPSA) is 30.1 Å². The molecule has 9 aromatic rings. The second-order valence-electron chi connectivity index (χ2n) is 13.9. The summed E-state index contributed by atoms with van der Waals surface area (Å²) in [4.78, 5) is 0. The Balaban J connectivity index is 0.960. The van der Waals surface area contributed by atoms with Gasteiger partial charge in [-0.2, -0.15) is 0 Å². The van der Waals surface area contributed by atoms with E-state index in [2.05, 4.69) is 175 Å². The number of nitrogens with one attached hydrogen (secondary N) is 1. The van der Waals surface area contributed by atoms with Crippen molar-refractivity contribution in [1.82, 2.24) is 4.57 Å². The number of para-hydroxylation sites is 4. The Morgan fingerprint density at radius 3 is 1.94 bits per heavy atom. The number of anilines is 2. The molecule has 2 aromatic heterocycles. The van der Waals surface area contributed by atoms with Gasteiger partial charge in [-0.15, -0.1) is 0 Å². The van der Waals surface area contributed by atoms with Crippen LogP contribution in [0, 0.1) is 0 Å². The van der Waals surface area contributed by atoms with Crippen molar-refractivity contribution >= 4 is 44.2 Å². The number of aromatic nitrogens is 1. The van der Waals surface area contributed by atoms with Gasteiger partial charge in [-0.3, -0.25) is 0 Å². The molecule has 0 radical (unpaired) electrons. The van der Waals surface area contributed by atoms with Crippen molar-refractivity contribution in [2.45, 2.75) is 19.3 Å². The number of hydrogen-bond acceptors (Lipinski definition) is 2. The Hall–Kier alpha value is -6.32. The molecule has 10 rings (SSSR count). The Kier molecular flexibility index (Phi) is 6.22. The van der Waals surface area contributed by atoms with Crippen LogP contribution in [0.3, 0.4) is 0 Å². The largest absolute Gasteiger partial charge is 0.455 e. The highest BCUT2D eigenvalue weighted by Crippen LogP contribution is 2.54. The standard InChI is InChI=1S/C47H34N2O/c1-47(2)41-28-23-32(29-40(41)45-44(47)39-14-6-8-17-42(39)49(45)35-11-4-3-5-12-35)30-19-24-33(25-20-30)48-34-26-21-31(22-27-34)36-15-10-16-38-37-13-7-9-18-43(37)50-46(36)38/h3-29,48H,1-2H3. The summed E-state index contributed by atoms with van der Waals surface area (Å²) in [6.45, 7) is 4.73. The van der Waals surface area contributed by atoms with Gasteiger partial charge in [0.15, 0.2) is 0 Å². The van der Waals surface area contributed by atoms with Crippen molar-refractivity contribution in [2.75, 3.05) is 5.32 Å². The van der Waals surface area contributed by atoms with E-state index in [-0.39, 0.29) is 5.41 Å². The molecule has 0 bridgehead atoms. The summed E-state index contributed by atoms with van der Waals surface area (Å²) < 4.78 is 8.74. The molecule has 1 N–H and O–H groups in total. The fourth-order valence-electron chi connectivity index (χ4n) is 8.19. The zero-order valence-corrected chi connectivity index (χ0v) is 27.9. The van der Waals surface area contributed by atoms with E-state index in [1.165, 1.54) is 50.1 Å². The van der Waals surface area contributed by atoms with Crippen LogP contribution in [0.4, 0.5) is 11.4 Å². The molecule has 238 valence electrons. The van der Waals surface area contributed by atoms with Gasteiger partial charge < -0.3 is 14.3 Å². The second kappa shape index (κ2) is 10.8. The summed E-state index contributed by atoms with van der Waals surface area (Å²) in [5, 5.41) is 7.22. The van der Waals surface area contributed by atoms with E-state index in [1.807, 2.05) is 12.1 Å². The number of fused-ring (bicyclic) bond motifs is 8. The lowest BCUT2D eigenvalue weighted by Gasteiger charge is -2.21. The summed E-state index contributed by atoms with van der Waals surface area (Å²) in [6.07, 6.45) is 0. The minimum Gasteiger partial charge on any atom is -0.455 e. The third-order valence-corrected chi connectivity index (χ3v) is 10.6. The van der Waals surface area contributed by atoms with Gasteiger partial charge in [0.05, 0.1) is 11.2 Å². The first kappa shape index (κ1) is 28.7. The SMILES string of the molecule is CC1(C)c2ccc(-c3ccc(Nc4ccc(-c5cccc6c5oc5ccccc56)cc4)cc3)cc2-c2c1c1ccccc1n2-c1ccccc1. The van der Waals surface area contributed by atoms with E-state index in [0.29, 0.717) is 0 Å². The maximum absolute atomic E-state index is 6.29. The quantitative estimate of drug-likeness (QED) is 0.202. The Morgan fingerprint density at radius 1 is 0.520 bits per heavy atom. The molecular weight excluding hydrogens is 609 g/mol. The first-order valence-corrected chi connectivity index (χ1v) is 17.3. The van der Waals surface area contributed by atoms with Crippen LogP contribution in [0.2, 0.25) is 0 Å². The van der Waals surface area contributed by atoms with Gasteiger partial charge in [0.2, 0.25) is 0 Å². The predicted molar refractivity (Wildman–Crippen MR) is 209 cm³/mol. The molecule has 7 aromatic carbocycles. The van der Waals surface area contributed by atoms with E-state index >= 15 is 0 Å². The lowest BCUT2D eigenvalue weighted by molar-refractivity contribution is 0.666. The Bertz CT molecular complexity index is 2730. The fraction of sp³-hybridized carbons (Fsp3) is 0.0638. The van der Waals surface area contributed by atoms with Crippen LogP contribution in [0.25, 0.3) is 72.0 Å². The van der Waals surface area contributed by atoms with Crippen molar-refractivity contribution in [3.05, 3.63) is 175 Å². The van der Waals surface area contributed by atoms with Crippen LogP contribution in [-0.2, 0) is 5.41 Å². The van der Waals surface area contributed by atoms with Crippen LogP contribution in [0.5, 0.6) is 0 Å². The molecule has 0 saturated carbocycles. The van der Waals surface area contributed by atoms with Crippen LogP contribution >= 0.6 is 0 Å². The minimum atomic E-state index is -0.106. The molecule has 2 heterocycles. The highest BCUT2D eigenvalue weighted by Gasteiger charge is 2.40. The zero-order chi connectivity index (χ0) is 33.4. The molecule has 1 aliphatic rings. The highest BCUT2D eigenvalue weighted by atomic mass is 16.3. The lowest BCUT2D eigenvalue weighted by atomic mass is 9.81. The highest BCUT2D eigenvalue weighted by molar-refractivity contribution is 6.09. The first-order chi connectivity index (χ1) is 24.5. The van der Waals surface area contributed by atoms with Gasteiger partial charge in [0, 0.05) is 49.8 Å². The number of nitrogens with zero attached hydrogens (tertiary/aromatic N) is 1. The van der Waals surface area contributed by atoms with Crippen LogP contribution in [0.15, 0.2) is 168 Å². The zero-order valence-electron chi connectivity index (χ0n) is 27.9. The van der Waals surface area contributed by atoms with Gasteiger partial charge in [0.1, 0.15) is 11.2 Å². The predicted octanol–water partition coefficient (Wildman–Crippen LogP) is 12.9. The van der Waals surface area contributed by atoms with Crippen molar-refractivity contribution < 1.29 is 4.42 Å². The summed E-state index contributed by atoms with van der Waals surface area (Å²) >= 11 is 0. The Morgan fingerprint density at radius 2 is 1.16 bits per heavy atom. The third kappa shape index (κ3) is 4.30. The van der Waals surface area contributed by atoms with Gasteiger partial charge in [-0.1, -0.05) is 123 Å². The second-order valence-corrected chi connectivity index (χ2v) is 13.9. The average molecular weight is 643 g/mol. The summed E-state index contributed by atoms with van der Waals surface area (Å²) in [5.74, 6) is 0. The number of rotatable bonds is 5. The van der Waals surface area contributed by atoms with Crippen molar-refractivity contribution in [3.63, 3.8) is 0 Å². The summed E-state index contributed by atoms with van der Waals surface area (Å²) in [6, 6.07) is 58.6.